The van der Waals surface area contributed by atoms with E-state index in [1.807, 2.05) is 37.5 Å². The van der Waals surface area contributed by atoms with Gasteiger partial charge in [-0.15, -0.1) is 10.2 Å². The summed E-state index contributed by atoms with van der Waals surface area (Å²) in [5, 5.41) is 12.3. The normalized spacial score (nSPS) is 11.5. The fourth-order valence-electron chi connectivity index (χ4n) is 2.58. The van der Waals surface area contributed by atoms with E-state index in [-0.39, 0.29) is 17.8 Å². The second-order valence-electron chi connectivity index (χ2n) is 6.59. The summed E-state index contributed by atoms with van der Waals surface area (Å²) in [6.45, 7) is 9.11. The third-order valence-electron chi connectivity index (χ3n) is 3.81. The minimum atomic E-state index is -0.288. The van der Waals surface area contributed by atoms with Crippen LogP contribution in [0.15, 0.2) is 4.42 Å². The molecule has 132 valence electrons. The number of nitrogens with zero attached hydrogens (tertiary/aromatic N) is 6. The highest BCUT2D eigenvalue weighted by Gasteiger charge is 2.22. The van der Waals surface area contributed by atoms with E-state index in [2.05, 4.69) is 29.1 Å². The molecule has 0 bridgehead atoms. The number of hydrogen-bond donors (Lipinski definition) is 0. The molecule has 1 amide bonds. The fourth-order valence-corrected chi connectivity index (χ4v) is 2.58. The van der Waals surface area contributed by atoms with Crippen molar-refractivity contribution in [1.29, 1.82) is 0 Å². The van der Waals surface area contributed by atoms with Gasteiger partial charge in [0.1, 0.15) is 0 Å². The molecule has 24 heavy (non-hydrogen) atoms. The molecule has 0 aliphatic rings. The molecule has 2 aromatic heterocycles. The molecule has 2 aromatic rings. The van der Waals surface area contributed by atoms with Gasteiger partial charge in [0.25, 0.3) is 0 Å². The molecule has 2 rings (SSSR count). The Morgan fingerprint density at radius 3 is 2.38 bits per heavy atom. The molecule has 0 aromatic carbocycles. The number of carbonyl (C=O) groups is 1. The van der Waals surface area contributed by atoms with Crippen LogP contribution in [0.2, 0.25) is 0 Å². The van der Waals surface area contributed by atoms with Crippen LogP contribution >= 0.6 is 0 Å². The lowest BCUT2D eigenvalue weighted by Gasteiger charge is -2.16. The van der Waals surface area contributed by atoms with Crippen molar-refractivity contribution in [3.63, 3.8) is 0 Å². The first-order valence-electron chi connectivity index (χ1n) is 7.97. The highest BCUT2D eigenvalue weighted by molar-refractivity contribution is 5.89. The van der Waals surface area contributed by atoms with Crippen molar-refractivity contribution in [3.05, 3.63) is 28.7 Å². The van der Waals surface area contributed by atoms with Crippen LogP contribution < -0.4 is 0 Å². The molecule has 0 unspecified atom stereocenters. The predicted octanol–water partition coefficient (Wildman–Crippen LogP) is 1.80. The zero-order valence-corrected chi connectivity index (χ0v) is 15.5. The molecule has 0 aliphatic carbocycles. The summed E-state index contributed by atoms with van der Waals surface area (Å²) in [4.78, 5) is 16.0. The molecule has 0 radical (unpaired) electrons. The summed E-state index contributed by atoms with van der Waals surface area (Å²) in [5.74, 6) is 0.154. The Labute approximate surface area is 142 Å². The number of aromatic nitrogens is 4. The standard InChI is InChI=1S/C16H26N6O2/c1-10(2)22-12(4)13(11(3)19-22)8-21(7)16(23)15-18-17-14(24-15)9-20(5)6/h10H,8-9H2,1-7H3. The maximum absolute atomic E-state index is 12.5. The highest BCUT2D eigenvalue weighted by Crippen LogP contribution is 2.19. The summed E-state index contributed by atoms with van der Waals surface area (Å²) >= 11 is 0. The molecular weight excluding hydrogens is 308 g/mol. The van der Waals surface area contributed by atoms with Crippen molar-refractivity contribution in [2.75, 3.05) is 21.1 Å². The molecule has 0 atom stereocenters. The van der Waals surface area contributed by atoms with Crippen LogP contribution in [-0.2, 0) is 13.1 Å². The van der Waals surface area contributed by atoms with Crippen molar-refractivity contribution in [1.82, 2.24) is 29.8 Å². The van der Waals surface area contributed by atoms with E-state index in [0.717, 1.165) is 17.0 Å². The van der Waals surface area contributed by atoms with Crippen LogP contribution in [0, 0.1) is 13.8 Å². The summed E-state index contributed by atoms with van der Waals surface area (Å²) in [6, 6.07) is 0.281. The smallest absolute Gasteiger partial charge is 0.311 e. The Hall–Kier alpha value is -2.22. The first-order chi connectivity index (χ1) is 11.2. The molecule has 0 aliphatic heterocycles. The van der Waals surface area contributed by atoms with Gasteiger partial charge in [0.05, 0.1) is 12.2 Å². The first-order valence-corrected chi connectivity index (χ1v) is 7.97. The average Bonchev–Trinajstić information content (AvgIpc) is 3.05. The maximum Gasteiger partial charge on any atom is 0.311 e. The van der Waals surface area contributed by atoms with Gasteiger partial charge in [-0.2, -0.15) is 5.10 Å². The third kappa shape index (κ3) is 3.81. The second kappa shape index (κ2) is 7.12. The SMILES string of the molecule is Cc1nn(C(C)C)c(C)c1CN(C)C(=O)c1nnc(CN(C)C)o1. The van der Waals surface area contributed by atoms with Gasteiger partial charge in [0, 0.05) is 30.9 Å². The molecule has 0 N–H and O–H groups in total. The zero-order chi connectivity index (χ0) is 18.0. The van der Waals surface area contributed by atoms with Crippen LogP contribution in [0.25, 0.3) is 0 Å². The lowest BCUT2D eigenvalue weighted by Crippen LogP contribution is -2.27. The minimum absolute atomic E-state index is 0.0147. The summed E-state index contributed by atoms with van der Waals surface area (Å²) in [6.07, 6.45) is 0. The number of carbonyl (C=O) groups excluding carboxylic acids is 1. The predicted molar refractivity (Wildman–Crippen MR) is 89.6 cm³/mol. The number of rotatable bonds is 6. The fraction of sp³-hybridized carbons (Fsp3) is 0.625. The Bertz CT molecular complexity index is 716. The van der Waals surface area contributed by atoms with E-state index in [4.69, 9.17) is 4.42 Å². The zero-order valence-electron chi connectivity index (χ0n) is 15.5. The average molecular weight is 334 g/mol. The Kier molecular flexibility index (Phi) is 5.38. The summed E-state index contributed by atoms with van der Waals surface area (Å²) in [7, 11) is 5.52. The van der Waals surface area contributed by atoms with E-state index in [1.54, 1.807) is 11.9 Å². The third-order valence-corrected chi connectivity index (χ3v) is 3.81. The lowest BCUT2D eigenvalue weighted by molar-refractivity contribution is 0.0742. The largest absolute Gasteiger partial charge is 0.415 e. The van der Waals surface area contributed by atoms with E-state index in [1.165, 1.54) is 0 Å². The highest BCUT2D eigenvalue weighted by atomic mass is 16.4. The Morgan fingerprint density at radius 2 is 1.83 bits per heavy atom. The number of amides is 1. The van der Waals surface area contributed by atoms with Crippen LogP contribution in [0.1, 0.15) is 53.4 Å². The van der Waals surface area contributed by atoms with Gasteiger partial charge >= 0.3 is 11.8 Å². The minimum Gasteiger partial charge on any atom is -0.415 e. The lowest BCUT2D eigenvalue weighted by atomic mass is 10.2. The number of aryl methyl sites for hydroxylation is 1. The number of hydrogen-bond acceptors (Lipinski definition) is 6. The van der Waals surface area contributed by atoms with Crippen molar-refractivity contribution in [2.45, 2.75) is 46.8 Å². The molecule has 8 nitrogen and oxygen atoms in total. The first kappa shape index (κ1) is 18.1. The summed E-state index contributed by atoms with van der Waals surface area (Å²) < 4.78 is 7.42. The van der Waals surface area contributed by atoms with Gasteiger partial charge in [-0.25, -0.2) is 0 Å². The second-order valence-corrected chi connectivity index (χ2v) is 6.59. The van der Waals surface area contributed by atoms with Gasteiger partial charge in [-0.05, 0) is 41.8 Å². The van der Waals surface area contributed by atoms with Gasteiger partial charge in [0.15, 0.2) is 0 Å². The summed E-state index contributed by atoms with van der Waals surface area (Å²) in [5.41, 5.74) is 3.05. The Morgan fingerprint density at radius 1 is 1.17 bits per heavy atom. The molecule has 0 saturated carbocycles. The van der Waals surface area contributed by atoms with Crippen LogP contribution in [0.3, 0.4) is 0 Å². The van der Waals surface area contributed by atoms with Gasteiger partial charge < -0.3 is 14.2 Å². The van der Waals surface area contributed by atoms with E-state index < -0.39 is 0 Å². The molecular formula is C16H26N6O2. The molecule has 2 heterocycles. The van der Waals surface area contributed by atoms with Crippen LogP contribution in [-0.4, -0.2) is 56.8 Å². The van der Waals surface area contributed by atoms with Crippen molar-refractivity contribution < 1.29 is 9.21 Å². The monoisotopic (exact) mass is 334 g/mol. The van der Waals surface area contributed by atoms with E-state index in [9.17, 15) is 4.79 Å². The Balaban J connectivity index is 2.13. The van der Waals surface area contributed by atoms with Crippen molar-refractivity contribution in [2.24, 2.45) is 0 Å². The van der Waals surface area contributed by atoms with Crippen molar-refractivity contribution >= 4 is 5.91 Å². The quantitative estimate of drug-likeness (QED) is 0.801. The van der Waals surface area contributed by atoms with Gasteiger partial charge in [-0.3, -0.25) is 9.48 Å². The molecule has 0 fully saturated rings. The topological polar surface area (TPSA) is 80.3 Å². The van der Waals surface area contributed by atoms with Gasteiger partial charge in [-0.1, -0.05) is 0 Å². The van der Waals surface area contributed by atoms with Gasteiger partial charge in [0.2, 0.25) is 5.89 Å². The van der Waals surface area contributed by atoms with E-state index >= 15 is 0 Å². The van der Waals surface area contributed by atoms with E-state index in [0.29, 0.717) is 19.0 Å². The van der Waals surface area contributed by atoms with Crippen LogP contribution in [0.4, 0.5) is 0 Å². The maximum atomic E-state index is 12.5. The molecule has 0 saturated heterocycles. The molecule has 0 spiro atoms. The molecule has 8 heteroatoms. The van der Waals surface area contributed by atoms with Crippen LogP contribution in [0.5, 0.6) is 0 Å². The van der Waals surface area contributed by atoms with Crippen molar-refractivity contribution in [3.8, 4) is 0 Å².